The van der Waals surface area contributed by atoms with Crippen molar-refractivity contribution in [2.75, 3.05) is 13.1 Å². The molecule has 1 aromatic heterocycles. The van der Waals surface area contributed by atoms with Crippen molar-refractivity contribution in [3.05, 3.63) is 57.3 Å². The summed E-state index contributed by atoms with van der Waals surface area (Å²) in [5.74, 6) is 0.354. The van der Waals surface area contributed by atoms with Crippen LogP contribution in [0.4, 0.5) is 0 Å². The van der Waals surface area contributed by atoms with Crippen molar-refractivity contribution < 1.29 is 9.59 Å². The van der Waals surface area contributed by atoms with E-state index < -0.39 is 0 Å². The van der Waals surface area contributed by atoms with E-state index in [2.05, 4.69) is 6.07 Å². The molecule has 120 valence electrons. The molecule has 0 bridgehead atoms. The highest BCUT2D eigenvalue weighted by Crippen LogP contribution is 2.25. The minimum atomic E-state index is 0.0313. The number of hydrogen-bond donors (Lipinski definition) is 0. The molecule has 3 rings (SSSR count). The summed E-state index contributed by atoms with van der Waals surface area (Å²) in [7, 11) is 0. The van der Waals surface area contributed by atoms with Gasteiger partial charge in [0.15, 0.2) is 5.78 Å². The summed E-state index contributed by atoms with van der Waals surface area (Å²) in [4.78, 5) is 27.7. The highest BCUT2D eigenvalue weighted by molar-refractivity contribution is 7.12. The number of rotatable bonds is 3. The van der Waals surface area contributed by atoms with Crippen molar-refractivity contribution >= 4 is 23.0 Å². The summed E-state index contributed by atoms with van der Waals surface area (Å²) in [5.41, 5.74) is 3.06. The van der Waals surface area contributed by atoms with Crippen LogP contribution in [0.25, 0.3) is 0 Å². The minimum Gasteiger partial charge on any atom is -0.338 e. The first-order valence-electron chi connectivity index (χ1n) is 8.00. The number of piperidine rings is 1. The van der Waals surface area contributed by atoms with Crippen LogP contribution in [0.15, 0.2) is 35.7 Å². The Labute approximate surface area is 140 Å². The van der Waals surface area contributed by atoms with Gasteiger partial charge in [0.1, 0.15) is 0 Å². The topological polar surface area (TPSA) is 37.4 Å². The summed E-state index contributed by atoms with van der Waals surface area (Å²) in [6, 6.07) is 9.75. The third kappa shape index (κ3) is 3.37. The molecule has 1 fully saturated rings. The fourth-order valence-corrected chi connectivity index (χ4v) is 3.90. The van der Waals surface area contributed by atoms with Gasteiger partial charge in [-0.2, -0.15) is 0 Å². The van der Waals surface area contributed by atoms with Crippen LogP contribution in [0.2, 0.25) is 0 Å². The number of nitrogens with zero attached hydrogens (tertiary/aromatic N) is 1. The van der Waals surface area contributed by atoms with Gasteiger partial charge in [-0.15, -0.1) is 11.3 Å². The van der Waals surface area contributed by atoms with Gasteiger partial charge in [0, 0.05) is 24.6 Å². The molecule has 0 spiro atoms. The van der Waals surface area contributed by atoms with Crippen molar-refractivity contribution in [1.29, 1.82) is 0 Å². The van der Waals surface area contributed by atoms with Gasteiger partial charge in [0.05, 0.1) is 4.88 Å². The first kappa shape index (κ1) is 15.9. The maximum atomic E-state index is 12.7. The summed E-state index contributed by atoms with van der Waals surface area (Å²) < 4.78 is 0. The number of Topliss-reactive ketones (excluding diaryl/α,β-unsaturated/α-hetero) is 1. The number of likely N-dealkylation sites (tertiary alicyclic amines) is 1. The fourth-order valence-electron chi connectivity index (χ4n) is 3.21. The zero-order chi connectivity index (χ0) is 16.4. The Morgan fingerprint density at radius 1 is 1.13 bits per heavy atom. The largest absolute Gasteiger partial charge is 0.338 e. The number of thiophene rings is 1. The maximum Gasteiger partial charge on any atom is 0.263 e. The summed E-state index contributed by atoms with van der Waals surface area (Å²) in [5, 5.41) is 1.92. The van der Waals surface area contributed by atoms with Crippen LogP contribution in [-0.4, -0.2) is 29.7 Å². The molecule has 1 aromatic carbocycles. The lowest BCUT2D eigenvalue weighted by atomic mass is 9.87. The van der Waals surface area contributed by atoms with Crippen LogP contribution in [0.1, 0.15) is 44.0 Å². The lowest BCUT2D eigenvalue weighted by Gasteiger charge is -2.31. The van der Waals surface area contributed by atoms with E-state index in [-0.39, 0.29) is 17.6 Å². The second-order valence-electron chi connectivity index (χ2n) is 6.23. The first-order valence-corrected chi connectivity index (χ1v) is 8.88. The number of hydrogen-bond acceptors (Lipinski definition) is 3. The molecule has 0 saturated carbocycles. The number of carbonyl (C=O) groups excluding carboxylic acids is 2. The van der Waals surface area contributed by atoms with Crippen LogP contribution < -0.4 is 0 Å². The van der Waals surface area contributed by atoms with Crippen molar-refractivity contribution in [2.45, 2.75) is 26.7 Å². The van der Waals surface area contributed by atoms with Gasteiger partial charge in [-0.1, -0.05) is 29.8 Å². The second kappa shape index (κ2) is 6.67. The van der Waals surface area contributed by atoms with E-state index in [1.807, 2.05) is 48.4 Å². The SMILES string of the molecule is Cc1ccc(C(=O)C2CCN(C(=O)c3cccs3)CC2)c(C)c1. The van der Waals surface area contributed by atoms with Crippen LogP contribution >= 0.6 is 11.3 Å². The molecule has 1 amide bonds. The Hall–Kier alpha value is -1.94. The number of carbonyl (C=O) groups is 2. The average molecular weight is 327 g/mol. The van der Waals surface area contributed by atoms with Gasteiger partial charge < -0.3 is 4.90 Å². The molecular formula is C19H21NO2S. The predicted octanol–water partition coefficient (Wildman–Crippen LogP) is 4.10. The molecule has 4 heteroatoms. The van der Waals surface area contributed by atoms with Gasteiger partial charge in [0.25, 0.3) is 5.91 Å². The van der Waals surface area contributed by atoms with Crippen LogP contribution in [0.5, 0.6) is 0 Å². The third-order valence-corrected chi connectivity index (χ3v) is 5.39. The van der Waals surface area contributed by atoms with Crippen molar-refractivity contribution in [3.8, 4) is 0 Å². The molecule has 0 unspecified atom stereocenters. The standard InChI is InChI=1S/C19H21NO2S/c1-13-5-6-16(14(2)12-13)18(21)15-7-9-20(10-8-15)19(22)17-4-3-11-23-17/h3-6,11-12,15H,7-10H2,1-2H3. The molecule has 1 aliphatic heterocycles. The van der Waals surface area contributed by atoms with Gasteiger partial charge >= 0.3 is 0 Å². The smallest absolute Gasteiger partial charge is 0.263 e. The number of aryl methyl sites for hydroxylation is 2. The molecule has 0 atom stereocenters. The summed E-state index contributed by atoms with van der Waals surface area (Å²) in [6.07, 6.45) is 1.51. The number of amides is 1. The van der Waals surface area contributed by atoms with E-state index >= 15 is 0 Å². The van der Waals surface area contributed by atoms with Gasteiger partial charge in [0.2, 0.25) is 0 Å². The second-order valence-corrected chi connectivity index (χ2v) is 7.17. The van der Waals surface area contributed by atoms with E-state index in [0.29, 0.717) is 13.1 Å². The van der Waals surface area contributed by atoms with Crippen molar-refractivity contribution in [2.24, 2.45) is 5.92 Å². The Balaban J connectivity index is 1.64. The zero-order valence-corrected chi connectivity index (χ0v) is 14.4. The molecule has 0 N–H and O–H groups in total. The molecule has 23 heavy (non-hydrogen) atoms. The van der Waals surface area contributed by atoms with E-state index in [1.165, 1.54) is 16.9 Å². The summed E-state index contributed by atoms with van der Waals surface area (Å²) >= 11 is 1.47. The Morgan fingerprint density at radius 3 is 2.48 bits per heavy atom. The van der Waals surface area contributed by atoms with Crippen LogP contribution in [0, 0.1) is 19.8 Å². The van der Waals surface area contributed by atoms with Crippen molar-refractivity contribution in [3.63, 3.8) is 0 Å². The Kier molecular flexibility index (Phi) is 4.62. The molecule has 2 heterocycles. The highest BCUT2D eigenvalue weighted by atomic mass is 32.1. The van der Waals surface area contributed by atoms with Gasteiger partial charge in [-0.05, 0) is 43.7 Å². The average Bonchev–Trinajstić information content (AvgIpc) is 3.08. The molecule has 1 saturated heterocycles. The molecule has 0 radical (unpaired) electrons. The zero-order valence-electron chi connectivity index (χ0n) is 13.5. The third-order valence-electron chi connectivity index (χ3n) is 4.53. The fraction of sp³-hybridized carbons (Fsp3) is 0.368. The summed E-state index contributed by atoms with van der Waals surface area (Å²) in [6.45, 7) is 5.36. The van der Waals surface area contributed by atoms with Gasteiger partial charge in [-0.3, -0.25) is 9.59 Å². The predicted molar refractivity (Wildman–Crippen MR) is 93.2 cm³/mol. The number of benzene rings is 1. The molecular weight excluding hydrogens is 306 g/mol. The van der Waals surface area contributed by atoms with Crippen LogP contribution in [-0.2, 0) is 0 Å². The Bertz CT molecular complexity index is 713. The van der Waals surface area contributed by atoms with Crippen LogP contribution in [0.3, 0.4) is 0 Å². The molecule has 3 nitrogen and oxygen atoms in total. The quantitative estimate of drug-likeness (QED) is 0.796. The minimum absolute atomic E-state index is 0.0313. The lowest BCUT2D eigenvalue weighted by Crippen LogP contribution is -2.40. The molecule has 2 aromatic rings. The maximum absolute atomic E-state index is 12.7. The van der Waals surface area contributed by atoms with E-state index in [9.17, 15) is 9.59 Å². The normalized spacial score (nSPS) is 15.7. The van der Waals surface area contributed by atoms with E-state index in [1.54, 1.807) is 0 Å². The van der Waals surface area contributed by atoms with E-state index in [4.69, 9.17) is 0 Å². The van der Waals surface area contributed by atoms with Gasteiger partial charge in [-0.25, -0.2) is 0 Å². The molecule has 0 aliphatic carbocycles. The lowest BCUT2D eigenvalue weighted by molar-refractivity contribution is 0.0654. The Morgan fingerprint density at radius 2 is 1.87 bits per heavy atom. The van der Waals surface area contributed by atoms with E-state index in [0.717, 1.165) is 28.8 Å². The molecule has 1 aliphatic rings. The first-order chi connectivity index (χ1) is 11.1. The highest BCUT2D eigenvalue weighted by Gasteiger charge is 2.29. The monoisotopic (exact) mass is 327 g/mol. The van der Waals surface area contributed by atoms with Crippen molar-refractivity contribution in [1.82, 2.24) is 4.90 Å². The number of ketones is 1.